The topological polar surface area (TPSA) is 30.7 Å². The van der Waals surface area contributed by atoms with Crippen molar-refractivity contribution in [1.29, 1.82) is 0 Å². The molecular formula is C16H16ClN3. The first-order valence-corrected chi connectivity index (χ1v) is 7.31. The molecule has 3 rings (SSSR count). The number of halogens is 1. The summed E-state index contributed by atoms with van der Waals surface area (Å²) in [6.07, 6.45) is 5.46. The summed E-state index contributed by atoms with van der Waals surface area (Å²) >= 11 is 5.89. The van der Waals surface area contributed by atoms with E-state index >= 15 is 0 Å². The van der Waals surface area contributed by atoms with Gasteiger partial charge in [0.25, 0.3) is 0 Å². The van der Waals surface area contributed by atoms with Crippen molar-refractivity contribution in [2.75, 3.05) is 5.88 Å². The molecule has 3 aromatic rings. The van der Waals surface area contributed by atoms with Crippen molar-refractivity contribution in [3.8, 4) is 0 Å². The molecule has 0 aliphatic rings. The largest absolute Gasteiger partial charge is 0.328 e. The van der Waals surface area contributed by atoms with Crippen LogP contribution in [-0.2, 0) is 19.4 Å². The monoisotopic (exact) mass is 285 g/mol. The molecule has 0 amide bonds. The average molecular weight is 286 g/mol. The van der Waals surface area contributed by atoms with Gasteiger partial charge in [-0.3, -0.25) is 4.98 Å². The number of hydrogen-bond acceptors (Lipinski definition) is 2. The molecule has 0 radical (unpaired) electrons. The second-order valence-electron chi connectivity index (χ2n) is 4.72. The zero-order chi connectivity index (χ0) is 13.8. The minimum atomic E-state index is 0.593. The highest BCUT2D eigenvalue weighted by molar-refractivity contribution is 6.17. The number of alkyl halides is 1. The number of hydrogen-bond donors (Lipinski definition) is 0. The van der Waals surface area contributed by atoms with Crippen LogP contribution in [0.4, 0.5) is 0 Å². The van der Waals surface area contributed by atoms with Gasteiger partial charge in [0.15, 0.2) is 0 Å². The Morgan fingerprint density at radius 2 is 1.95 bits per heavy atom. The molecule has 3 nitrogen and oxygen atoms in total. The molecular weight excluding hydrogens is 270 g/mol. The first-order valence-electron chi connectivity index (χ1n) is 6.77. The Labute approximate surface area is 123 Å². The fraction of sp³-hybridized carbons (Fsp3) is 0.250. The molecule has 0 saturated carbocycles. The molecule has 0 fully saturated rings. The highest BCUT2D eigenvalue weighted by Crippen LogP contribution is 2.17. The van der Waals surface area contributed by atoms with Crippen LogP contribution in [0.1, 0.15) is 11.4 Å². The second kappa shape index (κ2) is 6.06. The van der Waals surface area contributed by atoms with Crippen LogP contribution in [0.2, 0.25) is 0 Å². The normalized spacial score (nSPS) is 11.1. The number of fused-ring (bicyclic) bond motifs is 1. The van der Waals surface area contributed by atoms with Crippen LogP contribution in [0.5, 0.6) is 0 Å². The van der Waals surface area contributed by atoms with Crippen LogP contribution in [0, 0.1) is 0 Å². The maximum atomic E-state index is 5.89. The van der Waals surface area contributed by atoms with Crippen LogP contribution < -0.4 is 0 Å². The van der Waals surface area contributed by atoms with Gasteiger partial charge in [-0.25, -0.2) is 4.98 Å². The fourth-order valence-electron chi connectivity index (χ4n) is 2.44. The fourth-order valence-corrected chi connectivity index (χ4v) is 2.61. The Morgan fingerprint density at radius 1 is 1.05 bits per heavy atom. The van der Waals surface area contributed by atoms with E-state index in [1.807, 2.05) is 24.4 Å². The molecule has 0 aliphatic heterocycles. The number of aryl methyl sites for hydroxylation is 3. The van der Waals surface area contributed by atoms with E-state index in [4.69, 9.17) is 11.6 Å². The Bertz CT molecular complexity index is 691. The third-order valence-corrected chi connectivity index (χ3v) is 3.59. The quantitative estimate of drug-likeness (QED) is 0.672. The van der Waals surface area contributed by atoms with E-state index in [-0.39, 0.29) is 0 Å². The van der Waals surface area contributed by atoms with Gasteiger partial charge in [-0.2, -0.15) is 0 Å². The standard InChI is InChI=1S/C16H16ClN3/c17-9-7-16-19-14-5-1-2-6-15(14)20(16)11-8-13-4-3-10-18-12-13/h1-6,10,12H,7-9,11H2. The van der Waals surface area contributed by atoms with Gasteiger partial charge in [-0.15, -0.1) is 11.6 Å². The van der Waals surface area contributed by atoms with E-state index in [2.05, 4.69) is 32.7 Å². The van der Waals surface area contributed by atoms with Crippen molar-refractivity contribution in [1.82, 2.24) is 14.5 Å². The summed E-state index contributed by atoms with van der Waals surface area (Å²) in [5.74, 6) is 1.65. The van der Waals surface area contributed by atoms with E-state index in [1.54, 1.807) is 6.20 Å². The third kappa shape index (κ3) is 2.68. The van der Waals surface area contributed by atoms with Crippen LogP contribution in [0.15, 0.2) is 48.8 Å². The summed E-state index contributed by atoms with van der Waals surface area (Å²) in [5, 5.41) is 0. The maximum absolute atomic E-state index is 5.89. The van der Waals surface area contributed by atoms with Gasteiger partial charge in [-0.1, -0.05) is 18.2 Å². The molecule has 0 N–H and O–H groups in total. The van der Waals surface area contributed by atoms with Crippen molar-refractivity contribution >= 4 is 22.6 Å². The number of rotatable bonds is 5. The molecule has 0 bridgehead atoms. The van der Waals surface area contributed by atoms with Crippen molar-refractivity contribution in [3.63, 3.8) is 0 Å². The minimum absolute atomic E-state index is 0.593. The summed E-state index contributed by atoms with van der Waals surface area (Å²) in [6, 6.07) is 12.3. The van der Waals surface area contributed by atoms with Gasteiger partial charge >= 0.3 is 0 Å². The highest BCUT2D eigenvalue weighted by Gasteiger charge is 2.09. The van der Waals surface area contributed by atoms with Crippen molar-refractivity contribution in [2.45, 2.75) is 19.4 Å². The second-order valence-corrected chi connectivity index (χ2v) is 5.10. The predicted molar refractivity (Wildman–Crippen MR) is 82.1 cm³/mol. The number of benzene rings is 1. The molecule has 0 spiro atoms. The lowest BCUT2D eigenvalue weighted by molar-refractivity contribution is 0.674. The van der Waals surface area contributed by atoms with Gasteiger partial charge < -0.3 is 4.57 Å². The first kappa shape index (κ1) is 13.1. The van der Waals surface area contributed by atoms with Gasteiger partial charge in [-0.05, 0) is 30.2 Å². The predicted octanol–water partition coefficient (Wildman–Crippen LogP) is 3.46. The van der Waals surface area contributed by atoms with E-state index in [0.29, 0.717) is 5.88 Å². The van der Waals surface area contributed by atoms with Crippen molar-refractivity contribution in [2.24, 2.45) is 0 Å². The molecule has 0 atom stereocenters. The summed E-state index contributed by atoms with van der Waals surface area (Å²) in [5.41, 5.74) is 3.46. The molecule has 2 aromatic heterocycles. The molecule has 1 aromatic carbocycles. The smallest absolute Gasteiger partial charge is 0.111 e. The zero-order valence-electron chi connectivity index (χ0n) is 11.2. The first-order chi connectivity index (χ1) is 9.88. The number of imidazole rings is 1. The van der Waals surface area contributed by atoms with Crippen molar-refractivity contribution < 1.29 is 0 Å². The van der Waals surface area contributed by atoms with E-state index < -0.39 is 0 Å². The van der Waals surface area contributed by atoms with Gasteiger partial charge in [0.1, 0.15) is 5.82 Å². The molecule has 0 unspecified atom stereocenters. The molecule has 20 heavy (non-hydrogen) atoms. The van der Waals surface area contributed by atoms with Gasteiger partial charge in [0, 0.05) is 31.2 Å². The SMILES string of the molecule is ClCCc1nc2ccccc2n1CCc1cccnc1. The lowest BCUT2D eigenvalue weighted by Gasteiger charge is -2.08. The van der Waals surface area contributed by atoms with Crippen LogP contribution in [0.3, 0.4) is 0 Å². The Morgan fingerprint density at radius 3 is 2.75 bits per heavy atom. The summed E-state index contributed by atoms with van der Waals surface area (Å²) in [7, 11) is 0. The molecule has 102 valence electrons. The van der Waals surface area contributed by atoms with Crippen molar-refractivity contribution in [3.05, 3.63) is 60.2 Å². The van der Waals surface area contributed by atoms with E-state index in [1.165, 1.54) is 11.1 Å². The molecule has 2 heterocycles. The molecule has 0 aliphatic carbocycles. The molecule has 0 saturated heterocycles. The Kier molecular flexibility index (Phi) is 3.97. The summed E-state index contributed by atoms with van der Waals surface area (Å²) < 4.78 is 2.27. The minimum Gasteiger partial charge on any atom is -0.328 e. The van der Waals surface area contributed by atoms with Crippen LogP contribution in [0.25, 0.3) is 11.0 Å². The van der Waals surface area contributed by atoms with Gasteiger partial charge in [0.2, 0.25) is 0 Å². The summed E-state index contributed by atoms with van der Waals surface area (Å²) in [6.45, 7) is 0.901. The number of para-hydroxylation sites is 2. The summed E-state index contributed by atoms with van der Waals surface area (Å²) in [4.78, 5) is 8.84. The Hall–Kier alpha value is -1.87. The lowest BCUT2D eigenvalue weighted by atomic mass is 10.2. The lowest BCUT2D eigenvalue weighted by Crippen LogP contribution is -2.07. The number of nitrogens with zero attached hydrogens (tertiary/aromatic N) is 3. The molecule has 4 heteroatoms. The van der Waals surface area contributed by atoms with Crippen LogP contribution in [-0.4, -0.2) is 20.4 Å². The Balaban J connectivity index is 1.90. The highest BCUT2D eigenvalue weighted by atomic mass is 35.5. The number of aromatic nitrogens is 3. The number of pyridine rings is 1. The zero-order valence-corrected chi connectivity index (χ0v) is 11.9. The van der Waals surface area contributed by atoms with E-state index in [9.17, 15) is 0 Å². The maximum Gasteiger partial charge on any atom is 0.111 e. The van der Waals surface area contributed by atoms with Crippen LogP contribution >= 0.6 is 11.6 Å². The van der Waals surface area contributed by atoms with Gasteiger partial charge in [0.05, 0.1) is 11.0 Å². The third-order valence-electron chi connectivity index (χ3n) is 3.40. The van der Waals surface area contributed by atoms with E-state index in [0.717, 1.165) is 30.7 Å². The average Bonchev–Trinajstić information content (AvgIpc) is 2.84.